The van der Waals surface area contributed by atoms with Gasteiger partial charge in [0.2, 0.25) is 5.43 Å². The van der Waals surface area contributed by atoms with Crippen molar-refractivity contribution in [1.29, 1.82) is 0 Å². The van der Waals surface area contributed by atoms with Crippen molar-refractivity contribution >= 4 is 16.9 Å². The second-order valence-electron chi connectivity index (χ2n) is 5.06. The Labute approximate surface area is 126 Å². The Hall–Kier alpha value is -2.82. The molecule has 0 unspecified atom stereocenters. The lowest BCUT2D eigenvalue weighted by molar-refractivity contribution is 0.0525. The Morgan fingerprint density at radius 2 is 2.09 bits per heavy atom. The molecule has 1 aromatic carbocycles. The maximum absolute atomic E-state index is 12.8. The minimum Gasteiger partial charge on any atom is -0.462 e. The van der Waals surface area contributed by atoms with Crippen LogP contribution in [0.5, 0.6) is 0 Å². The van der Waals surface area contributed by atoms with Crippen LogP contribution < -0.4 is 5.43 Å². The number of H-pyrrole nitrogens is 2. The van der Waals surface area contributed by atoms with Crippen molar-refractivity contribution in [2.75, 3.05) is 6.61 Å². The maximum atomic E-state index is 12.8. The molecule has 0 fully saturated rings. The van der Waals surface area contributed by atoms with Gasteiger partial charge in [-0.25, -0.2) is 4.79 Å². The highest BCUT2D eigenvalue weighted by atomic mass is 16.5. The summed E-state index contributed by atoms with van der Waals surface area (Å²) < 4.78 is 5.05. The van der Waals surface area contributed by atoms with Gasteiger partial charge >= 0.3 is 5.97 Å². The first-order chi connectivity index (χ1) is 10.6. The van der Waals surface area contributed by atoms with Crippen LogP contribution in [0, 0.1) is 6.92 Å². The molecule has 112 valence electrons. The molecule has 0 atom stereocenters. The number of fused-ring (bicyclic) bond motifs is 1. The lowest BCUT2D eigenvalue weighted by atomic mass is 10.0. The van der Waals surface area contributed by atoms with Gasteiger partial charge in [-0.2, -0.15) is 0 Å². The molecule has 0 radical (unpaired) electrons. The number of pyridine rings is 1. The molecule has 0 amide bonds. The Morgan fingerprint density at radius 1 is 1.27 bits per heavy atom. The van der Waals surface area contributed by atoms with Crippen molar-refractivity contribution in [3.63, 3.8) is 0 Å². The highest BCUT2D eigenvalue weighted by Gasteiger charge is 2.21. The van der Waals surface area contributed by atoms with E-state index in [0.717, 1.165) is 5.56 Å². The number of aryl methyl sites for hydroxylation is 1. The monoisotopic (exact) mass is 296 g/mol. The summed E-state index contributed by atoms with van der Waals surface area (Å²) in [5.74, 6) is -0.614. The minimum atomic E-state index is -0.614. The summed E-state index contributed by atoms with van der Waals surface area (Å²) in [6, 6.07) is 9.14. The fourth-order valence-electron chi connectivity index (χ4n) is 2.49. The third-order valence-corrected chi connectivity index (χ3v) is 3.50. The van der Waals surface area contributed by atoms with Crippen molar-refractivity contribution in [2.24, 2.45) is 0 Å². The number of benzene rings is 1. The molecule has 22 heavy (non-hydrogen) atoms. The molecule has 0 aliphatic rings. The van der Waals surface area contributed by atoms with Crippen molar-refractivity contribution in [3.05, 3.63) is 57.9 Å². The van der Waals surface area contributed by atoms with Gasteiger partial charge in [-0.1, -0.05) is 11.6 Å². The van der Waals surface area contributed by atoms with Gasteiger partial charge in [0.1, 0.15) is 5.56 Å². The first-order valence-corrected chi connectivity index (χ1v) is 7.09. The van der Waals surface area contributed by atoms with E-state index in [2.05, 4.69) is 9.97 Å². The number of nitrogens with one attached hydrogen (secondary N) is 2. The standard InChI is InChI=1S/C17H16N2O3/c1-3-22-17(21)14-15(13-5-4-8-18-13)19-12-7-6-10(2)9-11(12)16(14)20/h4-9,18H,3H2,1-2H3,(H,19,20). The van der Waals surface area contributed by atoms with Crippen molar-refractivity contribution in [2.45, 2.75) is 13.8 Å². The van der Waals surface area contributed by atoms with Crippen molar-refractivity contribution < 1.29 is 9.53 Å². The zero-order chi connectivity index (χ0) is 15.7. The fourth-order valence-corrected chi connectivity index (χ4v) is 2.49. The van der Waals surface area contributed by atoms with E-state index in [1.54, 1.807) is 25.3 Å². The number of rotatable bonds is 3. The first-order valence-electron chi connectivity index (χ1n) is 7.09. The minimum absolute atomic E-state index is 0.0300. The molecule has 2 heterocycles. The van der Waals surface area contributed by atoms with Crippen LogP contribution in [0.4, 0.5) is 0 Å². The lowest BCUT2D eigenvalue weighted by Gasteiger charge is -2.10. The molecule has 0 saturated heterocycles. The molecule has 0 aliphatic heterocycles. The van der Waals surface area contributed by atoms with E-state index >= 15 is 0 Å². The number of carbonyl (C=O) groups excluding carboxylic acids is 1. The first kappa shape index (κ1) is 14.1. The van der Waals surface area contributed by atoms with Gasteiger partial charge in [0, 0.05) is 17.1 Å². The molecular weight excluding hydrogens is 280 g/mol. The summed E-state index contributed by atoms with van der Waals surface area (Å²) in [7, 11) is 0. The SMILES string of the molecule is CCOC(=O)c1c(-c2ccc[nH]2)[nH]c2ccc(C)cc2c1=O. The van der Waals surface area contributed by atoms with E-state index in [1.807, 2.05) is 25.1 Å². The van der Waals surface area contributed by atoms with E-state index in [4.69, 9.17) is 4.74 Å². The molecule has 0 spiro atoms. The molecule has 3 rings (SSSR count). The number of hydrogen-bond donors (Lipinski definition) is 2. The third-order valence-electron chi connectivity index (χ3n) is 3.50. The Kier molecular flexibility index (Phi) is 3.55. The highest BCUT2D eigenvalue weighted by Crippen LogP contribution is 2.22. The number of ether oxygens (including phenoxy) is 1. The van der Waals surface area contributed by atoms with Crippen molar-refractivity contribution in [1.82, 2.24) is 9.97 Å². The predicted octanol–water partition coefficient (Wildman–Crippen LogP) is 3.01. The second-order valence-corrected chi connectivity index (χ2v) is 5.06. The van der Waals surface area contributed by atoms with E-state index in [1.165, 1.54) is 0 Å². The number of carbonyl (C=O) groups is 1. The molecule has 5 nitrogen and oxygen atoms in total. The van der Waals surface area contributed by atoms with Gasteiger partial charge in [0.25, 0.3) is 0 Å². The molecule has 3 aromatic rings. The summed E-state index contributed by atoms with van der Waals surface area (Å²) >= 11 is 0. The second kappa shape index (κ2) is 5.52. The van der Waals surface area contributed by atoms with Crippen LogP contribution in [0.2, 0.25) is 0 Å². The van der Waals surface area contributed by atoms with Crippen LogP contribution in [-0.4, -0.2) is 22.5 Å². The molecule has 2 N–H and O–H groups in total. The Bertz CT molecular complexity index is 892. The van der Waals surface area contributed by atoms with Crippen LogP contribution in [0.1, 0.15) is 22.8 Å². The van der Waals surface area contributed by atoms with Crippen LogP contribution in [0.3, 0.4) is 0 Å². The maximum Gasteiger partial charge on any atom is 0.344 e. The quantitative estimate of drug-likeness (QED) is 0.730. The average Bonchev–Trinajstić information content (AvgIpc) is 3.02. The smallest absolute Gasteiger partial charge is 0.344 e. The molecule has 0 saturated carbocycles. The van der Waals surface area contributed by atoms with Gasteiger partial charge in [0.05, 0.1) is 18.0 Å². The average molecular weight is 296 g/mol. The van der Waals surface area contributed by atoms with Crippen LogP contribution >= 0.6 is 0 Å². The predicted molar refractivity (Wildman–Crippen MR) is 85.0 cm³/mol. The summed E-state index contributed by atoms with van der Waals surface area (Å²) in [5, 5.41) is 0.485. The van der Waals surface area contributed by atoms with Crippen molar-refractivity contribution in [3.8, 4) is 11.4 Å². The number of esters is 1. The summed E-state index contributed by atoms with van der Waals surface area (Å²) in [4.78, 5) is 31.2. The topological polar surface area (TPSA) is 75.0 Å². The van der Waals surface area contributed by atoms with E-state index in [-0.39, 0.29) is 17.6 Å². The third kappa shape index (κ3) is 2.30. The molecule has 2 aromatic heterocycles. The Morgan fingerprint density at radius 3 is 2.77 bits per heavy atom. The van der Waals surface area contributed by atoms with Gasteiger partial charge in [-0.15, -0.1) is 0 Å². The van der Waals surface area contributed by atoms with Gasteiger partial charge < -0.3 is 14.7 Å². The molecule has 5 heteroatoms. The largest absolute Gasteiger partial charge is 0.462 e. The zero-order valence-corrected chi connectivity index (χ0v) is 12.4. The van der Waals surface area contributed by atoms with E-state index < -0.39 is 5.97 Å². The Balaban J connectivity index is 2.37. The summed E-state index contributed by atoms with van der Waals surface area (Å²) in [6.07, 6.45) is 1.74. The summed E-state index contributed by atoms with van der Waals surface area (Å²) in [5.41, 5.74) is 2.48. The number of aromatic amines is 2. The van der Waals surface area contributed by atoms with E-state index in [9.17, 15) is 9.59 Å². The van der Waals surface area contributed by atoms with Gasteiger partial charge in [-0.3, -0.25) is 4.79 Å². The van der Waals surface area contributed by atoms with Gasteiger partial charge in [0.15, 0.2) is 0 Å². The lowest BCUT2D eigenvalue weighted by Crippen LogP contribution is -2.20. The normalized spacial score (nSPS) is 10.8. The molecular formula is C17H16N2O3. The summed E-state index contributed by atoms with van der Waals surface area (Å²) in [6.45, 7) is 3.84. The molecule has 0 aliphatic carbocycles. The van der Waals surface area contributed by atoms with Crippen LogP contribution in [0.15, 0.2) is 41.3 Å². The van der Waals surface area contributed by atoms with Crippen LogP contribution in [-0.2, 0) is 4.74 Å². The number of hydrogen-bond acceptors (Lipinski definition) is 3. The molecule has 0 bridgehead atoms. The fraction of sp³-hybridized carbons (Fsp3) is 0.176. The zero-order valence-electron chi connectivity index (χ0n) is 12.4. The van der Waals surface area contributed by atoms with E-state index in [0.29, 0.717) is 22.3 Å². The highest BCUT2D eigenvalue weighted by molar-refractivity contribution is 5.99. The van der Waals surface area contributed by atoms with Gasteiger partial charge in [-0.05, 0) is 38.1 Å². The number of aromatic nitrogens is 2. The van der Waals surface area contributed by atoms with Crippen LogP contribution in [0.25, 0.3) is 22.3 Å².